The van der Waals surface area contributed by atoms with Gasteiger partial charge in [-0.3, -0.25) is 9.59 Å². The highest BCUT2D eigenvalue weighted by Gasteiger charge is 2.34. The summed E-state index contributed by atoms with van der Waals surface area (Å²) in [5.74, 6) is -1.15. The highest BCUT2D eigenvalue weighted by Crippen LogP contribution is 2.22. The minimum atomic E-state index is -0.593. The molecule has 1 rings (SSSR count). The van der Waals surface area contributed by atoms with Crippen molar-refractivity contribution in [2.75, 3.05) is 6.61 Å². The molecular weight excluding hydrogens is 156 g/mol. The van der Waals surface area contributed by atoms with E-state index in [2.05, 4.69) is 0 Å². The molecule has 0 aromatic rings. The highest BCUT2D eigenvalue weighted by molar-refractivity contribution is 6.07. The van der Waals surface area contributed by atoms with Gasteiger partial charge >= 0.3 is 5.97 Å². The third kappa shape index (κ3) is 1.55. The zero-order chi connectivity index (χ0) is 9.14. The summed E-state index contributed by atoms with van der Waals surface area (Å²) in [6, 6.07) is 0. The van der Waals surface area contributed by atoms with Crippen LogP contribution in [0.3, 0.4) is 0 Å². The fraction of sp³-hybridized carbons (Fsp3) is 0.556. The number of hydrogen-bond donors (Lipinski definition) is 0. The Kier molecular flexibility index (Phi) is 2.63. The second kappa shape index (κ2) is 3.52. The average Bonchev–Trinajstić information content (AvgIpc) is 2.32. The van der Waals surface area contributed by atoms with Gasteiger partial charge in [-0.2, -0.15) is 0 Å². The first-order chi connectivity index (χ1) is 5.66. The molecule has 1 unspecified atom stereocenters. The van der Waals surface area contributed by atoms with Gasteiger partial charge in [0.1, 0.15) is 5.92 Å². The Morgan fingerprint density at radius 3 is 2.75 bits per heavy atom. The first kappa shape index (κ1) is 8.97. The van der Waals surface area contributed by atoms with E-state index in [0.717, 1.165) is 0 Å². The molecule has 0 radical (unpaired) electrons. The van der Waals surface area contributed by atoms with Crippen molar-refractivity contribution in [3.8, 4) is 0 Å². The third-order valence-corrected chi connectivity index (χ3v) is 1.94. The molecule has 3 heteroatoms. The molecule has 0 fully saturated rings. The third-order valence-electron chi connectivity index (χ3n) is 1.94. The van der Waals surface area contributed by atoms with Crippen LogP contribution in [0.2, 0.25) is 0 Å². The molecular formula is C9H12O3. The van der Waals surface area contributed by atoms with Crippen molar-refractivity contribution in [2.45, 2.75) is 13.8 Å². The van der Waals surface area contributed by atoms with E-state index in [1.807, 2.05) is 6.92 Å². The van der Waals surface area contributed by atoms with E-state index >= 15 is 0 Å². The van der Waals surface area contributed by atoms with Crippen LogP contribution in [0.4, 0.5) is 0 Å². The minimum Gasteiger partial charge on any atom is -0.465 e. The smallest absolute Gasteiger partial charge is 0.317 e. The fourth-order valence-electron chi connectivity index (χ4n) is 1.28. The average molecular weight is 168 g/mol. The highest BCUT2D eigenvalue weighted by atomic mass is 16.5. The molecule has 0 N–H and O–H groups in total. The van der Waals surface area contributed by atoms with Gasteiger partial charge in [0.15, 0.2) is 5.78 Å². The maximum absolute atomic E-state index is 11.2. The monoisotopic (exact) mass is 168 g/mol. The molecule has 0 aliphatic heterocycles. The van der Waals surface area contributed by atoms with E-state index in [4.69, 9.17) is 4.74 Å². The lowest BCUT2D eigenvalue weighted by atomic mass is 9.97. The number of hydrogen-bond acceptors (Lipinski definition) is 3. The van der Waals surface area contributed by atoms with Crippen molar-refractivity contribution >= 4 is 11.8 Å². The molecule has 66 valence electrons. The Labute approximate surface area is 71.4 Å². The van der Waals surface area contributed by atoms with Crippen LogP contribution in [0.15, 0.2) is 12.2 Å². The zero-order valence-corrected chi connectivity index (χ0v) is 7.24. The van der Waals surface area contributed by atoms with E-state index in [0.29, 0.717) is 6.61 Å². The first-order valence-electron chi connectivity index (χ1n) is 4.05. The lowest BCUT2D eigenvalue weighted by molar-refractivity contribution is -0.151. The Balaban J connectivity index is 2.63. The van der Waals surface area contributed by atoms with Crippen molar-refractivity contribution in [2.24, 2.45) is 11.8 Å². The number of allylic oxidation sites excluding steroid dienone is 2. The predicted octanol–water partition coefficient (Wildman–Crippen LogP) is 0.941. The van der Waals surface area contributed by atoms with Crippen molar-refractivity contribution in [1.29, 1.82) is 0 Å². The lowest BCUT2D eigenvalue weighted by Crippen LogP contribution is -2.26. The number of ketones is 1. The number of carbonyl (C=O) groups is 2. The van der Waals surface area contributed by atoms with Crippen LogP contribution in [0.1, 0.15) is 13.8 Å². The first-order valence-corrected chi connectivity index (χ1v) is 4.05. The lowest BCUT2D eigenvalue weighted by Gasteiger charge is -2.11. The minimum absolute atomic E-state index is 0.0171. The van der Waals surface area contributed by atoms with Gasteiger partial charge in [0, 0.05) is 0 Å². The van der Waals surface area contributed by atoms with Gasteiger partial charge in [0.25, 0.3) is 0 Å². The summed E-state index contributed by atoms with van der Waals surface area (Å²) in [5, 5.41) is 0. The van der Waals surface area contributed by atoms with Crippen LogP contribution in [0.25, 0.3) is 0 Å². The standard InChI is InChI=1S/C9H12O3/c1-3-12-9(11)8-6(2)4-5-7(8)10/h4-6,8H,3H2,1-2H3/t6-,8?/m1/s1. The molecule has 0 heterocycles. The molecule has 0 amide bonds. The second-order valence-corrected chi connectivity index (χ2v) is 2.85. The molecule has 1 aliphatic rings. The van der Waals surface area contributed by atoms with Crippen LogP contribution in [-0.2, 0) is 14.3 Å². The molecule has 0 aromatic carbocycles. The number of rotatable bonds is 2. The van der Waals surface area contributed by atoms with Crippen molar-refractivity contribution < 1.29 is 14.3 Å². The summed E-state index contributed by atoms with van der Waals surface area (Å²) in [6.07, 6.45) is 3.19. The van der Waals surface area contributed by atoms with E-state index in [9.17, 15) is 9.59 Å². The topological polar surface area (TPSA) is 43.4 Å². The largest absolute Gasteiger partial charge is 0.465 e. The molecule has 2 atom stereocenters. The molecule has 0 saturated carbocycles. The van der Waals surface area contributed by atoms with Gasteiger partial charge in [0.2, 0.25) is 0 Å². The summed E-state index contributed by atoms with van der Waals surface area (Å²) < 4.78 is 4.77. The number of carbonyl (C=O) groups excluding carboxylic acids is 2. The molecule has 0 aromatic heterocycles. The van der Waals surface area contributed by atoms with E-state index in [1.54, 1.807) is 13.0 Å². The van der Waals surface area contributed by atoms with Crippen LogP contribution in [0.5, 0.6) is 0 Å². The van der Waals surface area contributed by atoms with E-state index in [1.165, 1.54) is 6.08 Å². The van der Waals surface area contributed by atoms with Gasteiger partial charge in [-0.1, -0.05) is 13.0 Å². The van der Waals surface area contributed by atoms with Gasteiger partial charge in [-0.15, -0.1) is 0 Å². The molecule has 0 bridgehead atoms. The number of ether oxygens (including phenoxy) is 1. The van der Waals surface area contributed by atoms with E-state index < -0.39 is 11.9 Å². The van der Waals surface area contributed by atoms with Gasteiger partial charge in [-0.05, 0) is 18.9 Å². The van der Waals surface area contributed by atoms with Crippen LogP contribution < -0.4 is 0 Å². The molecule has 1 aliphatic carbocycles. The van der Waals surface area contributed by atoms with Crippen LogP contribution in [-0.4, -0.2) is 18.4 Å². The summed E-state index contributed by atoms with van der Waals surface area (Å²) >= 11 is 0. The van der Waals surface area contributed by atoms with Crippen molar-refractivity contribution in [1.82, 2.24) is 0 Å². The molecule has 0 spiro atoms. The maximum Gasteiger partial charge on any atom is 0.317 e. The quantitative estimate of drug-likeness (QED) is 0.455. The summed E-state index contributed by atoms with van der Waals surface area (Å²) in [5.41, 5.74) is 0. The normalized spacial score (nSPS) is 27.7. The fourth-order valence-corrected chi connectivity index (χ4v) is 1.28. The van der Waals surface area contributed by atoms with E-state index in [-0.39, 0.29) is 11.7 Å². The van der Waals surface area contributed by atoms with Crippen molar-refractivity contribution in [3.05, 3.63) is 12.2 Å². The Morgan fingerprint density at radius 2 is 2.33 bits per heavy atom. The Hall–Kier alpha value is -1.12. The van der Waals surface area contributed by atoms with Crippen LogP contribution >= 0.6 is 0 Å². The second-order valence-electron chi connectivity index (χ2n) is 2.85. The Bertz CT molecular complexity index is 230. The molecule has 0 saturated heterocycles. The molecule has 12 heavy (non-hydrogen) atoms. The molecule has 3 nitrogen and oxygen atoms in total. The summed E-state index contributed by atoms with van der Waals surface area (Å²) in [4.78, 5) is 22.3. The number of esters is 1. The zero-order valence-electron chi connectivity index (χ0n) is 7.24. The van der Waals surface area contributed by atoms with Crippen molar-refractivity contribution in [3.63, 3.8) is 0 Å². The van der Waals surface area contributed by atoms with Gasteiger partial charge in [0.05, 0.1) is 6.61 Å². The summed E-state index contributed by atoms with van der Waals surface area (Å²) in [7, 11) is 0. The van der Waals surface area contributed by atoms with Crippen LogP contribution in [0, 0.1) is 11.8 Å². The van der Waals surface area contributed by atoms with Gasteiger partial charge in [-0.25, -0.2) is 0 Å². The predicted molar refractivity (Wildman–Crippen MR) is 43.4 cm³/mol. The summed E-state index contributed by atoms with van der Waals surface area (Å²) in [6.45, 7) is 3.90. The van der Waals surface area contributed by atoms with Gasteiger partial charge < -0.3 is 4.74 Å². The Morgan fingerprint density at radius 1 is 1.67 bits per heavy atom. The SMILES string of the molecule is CCOC(=O)C1C(=O)C=C[C@H]1C. The maximum atomic E-state index is 11.2.